The van der Waals surface area contributed by atoms with E-state index in [0.717, 1.165) is 43.7 Å². The van der Waals surface area contributed by atoms with E-state index in [1.165, 1.54) is 4.88 Å². The molecule has 2 heterocycles. The lowest BCUT2D eigenvalue weighted by Gasteiger charge is -2.27. The van der Waals surface area contributed by atoms with Crippen molar-refractivity contribution in [2.75, 3.05) is 39.4 Å². The lowest BCUT2D eigenvalue weighted by Crippen LogP contribution is -2.40. The van der Waals surface area contributed by atoms with Crippen LogP contribution in [0.5, 0.6) is 0 Å². The molecule has 5 heteroatoms. The molecule has 1 atom stereocenters. The molecule has 1 fully saturated rings. The van der Waals surface area contributed by atoms with E-state index in [9.17, 15) is 0 Å². The predicted molar refractivity (Wildman–Crippen MR) is 73.0 cm³/mol. The van der Waals surface area contributed by atoms with Crippen LogP contribution in [0.3, 0.4) is 0 Å². The highest BCUT2D eigenvalue weighted by molar-refractivity contribution is 7.16. The Hall–Kier alpha value is -0.130. The topological polar surface area (TPSA) is 24.5 Å². The minimum absolute atomic E-state index is 0.383. The fourth-order valence-electron chi connectivity index (χ4n) is 1.93. The Morgan fingerprint density at radius 2 is 2.24 bits per heavy atom. The number of morpholine rings is 1. The second-order valence-corrected chi connectivity index (χ2v) is 6.02. The van der Waals surface area contributed by atoms with Crippen molar-refractivity contribution in [2.24, 2.45) is 0 Å². The third kappa shape index (κ3) is 4.23. The molecule has 0 radical (unpaired) electrons. The van der Waals surface area contributed by atoms with Crippen molar-refractivity contribution in [3.63, 3.8) is 0 Å². The summed E-state index contributed by atoms with van der Waals surface area (Å²) in [5, 5.41) is 3.53. The molecule has 0 spiro atoms. The van der Waals surface area contributed by atoms with Gasteiger partial charge < -0.3 is 10.1 Å². The van der Waals surface area contributed by atoms with Crippen molar-refractivity contribution < 1.29 is 4.74 Å². The lowest BCUT2D eigenvalue weighted by atomic mass is 10.3. The van der Waals surface area contributed by atoms with Gasteiger partial charge in [-0.1, -0.05) is 11.6 Å². The molecular formula is C12H19ClN2OS. The van der Waals surface area contributed by atoms with Gasteiger partial charge in [0, 0.05) is 37.1 Å². The SMILES string of the molecule is CC(NCCN1CCOCC1)c1ccc(Cl)s1. The van der Waals surface area contributed by atoms with Crippen LogP contribution >= 0.6 is 22.9 Å². The van der Waals surface area contributed by atoms with E-state index in [1.54, 1.807) is 11.3 Å². The summed E-state index contributed by atoms with van der Waals surface area (Å²) >= 11 is 7.58. The molecule has 3 nitrogen and oxygen atoms in total. The van der Waals surface area contributed by atoms with Crippen LogP contribution in [0.25, 0.3) is 0 Å². The molecular weight excluding hydrogens is 256 g/mol. The van der Waals surface area contributed by atoms with Crippen LogP contribution < -0.4 is 5.32 Å². The van der Waals surface area contributed by atoms with Gasteiger partial charge in [-0.2, -0.15) is 0 Å². The highest BCUT2D eigenvalue weighted by Crippen LogP contribution is 2.26. The maximum Gasteiger partial charge on any atom is 0.0931 e. The highest BCUT2D eigenvalue weighted by atomic mass is 35.5. The van der Waals surface area contributed by atoms with Crippen molar-refractivity contribution in [1.82, 2.24) is 10.2 Å². The number of hydrogen-bond acceptors (Lipinski definition) is 4. The first kappa shape index (κ1) is 13.3. The number of nitrogens with zero attached hydrogens (tertiary/aromatic N) is 1. The minimum Gasteiger partial charge on any atom is -0.379 e. The molecule has 1 aromatic heterocycles. The molecule has 96 valence electrons. The van der Waals surface area contributed by atoms with Gasteiger partial charge >= 0.3 is 0 Å². The Balaban J connectivity index is 1.67. The van der Waals surface area contributed by atoms with E-state index in [0.29, 0.717) is 6.04 Å². The average molecular weight is 275 g/mol. The second-order valence-electron chi connectivity index (χ2n) is 4.27. The summed E-state index contributed by atoms with van der Waals surface area (Å²) < 4.78 is 6.19. The van der Waals surface area contributed by atoms with E-state index in [4.69, 9.17) is 16.3 Å². The van der Waals surface area contributed by atoms with E-state index in [2.05, 4.69) is 23.2 Å². The number of thiophene rings is 1. The highest BCUT2D eigenvalue weighted by Gasteiger charge is 2.11. The van der Waals surface area contributed by atoms with Crippen LogP contribution in [0, 0.1) is 0 Å². The summed E-state index contributed by atoms with van der Waals surface area (Å²) in [6.45, 7) is 8.14. The predicted octanol–water partition coefficient (Wildman–Crippen LogP) is 2.38. The van der Waals surface area contributed by atoms with Gasteiger partial charge in [-0.05, 0) is 19.1 Å². The van der Waals surface area contributed by atoms with Gasteiger partial charge in [0.1, 0.15) is 0 Å². The summed E-state index contributed by atoms with van der Waals surface area (Å²) in [7, 11) is 0. The smallest absolute Gasteiger partial charge is 0.0931 e. The van der Waals surface area contributed by atoms with Crippen LogP contribution in [-0.4, -0.2) is 44.3 Å². The van der Waals surface area contributed by atoms with Crippen molar-refractivity contribution >= 4 is 22.9 Å². The molecule has 2 rings (SSSR count). The van der Waals surface area contributed by atoms with E-state index in [1.807, 2.05) is 6.07 Å². The molecule has 1 unspecified atom stereocenters. The normalized spacial score (nSPS) is 19.4. The van der Waals surface area contributed by atoms with Crippen LogP contribution in [-0.2, 0) is 4.74 Å². The Bertz CT molecular complexity index is 339. The van der Waals surface area contributed by atoms with Crippen LogP contribution in [0.4, 0.5) is 0 Å². The summed E-state index contributed by atoms with van der Waals surface area (Å²) in [6.07, 6.45) is 0. The molecule has 1 N–H and O–H groups in total. The first-order valence-corrected chi connectivity index (χ1v) is 7.24. The Morgan fingerprint density at radius 1 is 1.47 bits per heavy atom. The maximum absolute atomic E-state index is 5.93. The van der Waals surface area contributed by atoms with Crippen molar-refractivity contribution in [2.45, 2.75) is 13.0 Å². The number of hydrogen-bond donors (Lipinski definition) is 1. The van der Waals surface area contributed by atoms with E-state index in [-0.39, 0.29) is 0 Å². The number of halogens is 1. The molecule has 0 bridgehead atoms. The number of nitrogens with one attached hydrogen (secondary N) is 1. The molecule has 1 aliphatic heterocycles. The van der Waals surface area contributed by atoms with Crippen molar-refractivity contribution in [1.29, 1.82) is 0 Å². The molecule has 0 saturated carbocycles. The van der Waals surface area contributed by atoms with Gasteiger partial charge in [-0.25, -0.2) is 0 Å². The number of ether oxygens (including phenoxy) is 1. The lowest BCUT2D eigenvalue weighted by molar-refractivity contribution is 0.0382. The fraction of sp³-hybridized carbons (Fsp3) is 0.667. The Kier molecular flexibility index (Phi) is 5.25. The largest absolute Gasteiger partial charge is 0.379 e. The van der Waals surface area contributed by atoms with Crippen molar-refractivity contribution in [3.05, 3.63) is 21.3 Å². The molecule has 1 aliphatic rings. The summed E-state index contributed by atoms with van der Waals surface area (Å²) in [6, 6.07) is 4.44. The third-order valence-electron chi connectivity index (χ3n) is 3.00. The fourth-order valence-corrected chi connectivity index (χ4v) is 3.01. The summed E-state index contributed by atoms with van der Waals surface area (Å²) in [5.74, 6) is 0. The van der Waals surface area contributed by atoms with E-state index >= 15 is 0 Å². The number of rotatable bonds is 5. The van der Waals surface area contributed by atoms with Crippen LogP contribution in [0.15, 0.2) is 12.1 Å². The Morgan fingerprint density at radius 3 is 2.88 bits per heavy atom. The third-order valence-corrected chi connectivity index (χ3v) is 4.42. The first-order valence-electron chi connectivity index (χ1n) is 6.04. The van der Waals surface area contributed by atoms with Gasteiger partial charge in [0.15, 0.2) is 0 Å². The minimum atomic E-state index is 0.383. The van der Waals surface area contributed by atoms with E-state index < -0.39 is 0 Å². The molecule has 0 amide bonds. The summed E-state index contributed by atoms with van der Waals surface area (Å²) in [4.78, 5) is 3.74. The van der Waals surface area contributed by atoms with Gasteiger partial charge in [0.2, 0.25) is 0 Å². The molecule has 1 aromatic rings. The molecule has 17 heavy (non-hydrogen) atoms. The van der Waals surface area contributed by atoms with Crippen LogP contribution in [0.1, 0.15) is 17.8 Å². The first-order chi connectivity index (χ1) is 8.25. The van der Waals surface area contributed by atoms with Gasteiger partial charge in [0.25, 0.3) is 0 Å². The zero-order valence-electron chi connectivity index (χ0n) is 10.1. The van der Waals surface area contributed by atoms with Crippen molar-refractivity contribution in [3.8, 4) is 0 Å². The second kappa shape index (κ2) is 6.71. The molecule has 0 aliphatic carbocycles. The quantitative estimate of drug-likeness (QED) is 0.892. The maximum atomic E-state index is 5.93. The summed E-state index contributed by atoms with van der Waals surface area (Å²) in [5.41, 5.74) is 0. The van der Waals surface area contributed by atoms with Gasteiger partial charge in [-0.15, -0.1) is 11.3 Å². The average Bonchev–Trinajstić information content (AvgIpc) is 2.77. The monoisotopic (exact) mass is 274 g/mol. The Labute approximate surface area is 112 Å². The standard InChI is InChI=1S/C12H19ClN2OS/c1-10(11-2-3-12(13)17-11)14-4-5-15-6-8-16-9-7-15/h2-3,10,14H,4-9H2,1H3. The molecule has 0 aromatic carbocycles. The van der Waals surface area contributed by atoms with Gasteiger partial charge in [0.05, 0.1) is 17.6 Å². The zero-order valence-corrected chi connectivity index (χ0v) is 11.7. The van der Waals surface area contributed by atoms with Gasteiger partial charge in [-0.3, -0.25) is 4.90 Å². The molecule has 1 saturated heterocycles. The van der Waals surface area contributed by atoms with Crippen LogP contribution in [0.2, 0.25) is 4.34 Å². The zero-order chi connectivity index (χ0) is 12.1.